The van der Waals surface area contributed by atoms with E-state index in [0.717, 1.165) is 77.0 Å². The lowest BCUT2D eigenvalue weighted by atomic mass is 10.0. The lowest BCUT2D eigenvalue weighted by Gasteiger charge is -2.18. The average molecular weight is 972 g/mol. The molecule has 6 heteroatoms. The normalized spacial score (nSPS) is 12.1. The van der Waals surface area contributed by atoms with Crippen LogP contribution in [0.2, 0.25) is 0 Å². The Morgan fingerprint density at radius 3 is 0.841 bits per heavy atom. The molecule has 406 valence electrons. The van der Waals surface area contributed by atoms with Crippen molar-refractivity contribution >= 4 is 17.9 Å². The van der Waals surface area contributed by atoms with Crippen LogP contribution in [0, 0.1) is 0 Å². The first kappa shape index (κ1) is 66.9. The second kappa shape index (κ2) is 58.5. The SMILES string of the molecule is CCCC/C=C\C/C=C\CCCCCCCC(=O)OC[C@H](COC(=O)CCCCCCCCCCCCCCCCCCCCC)OC(=O)CCCCCCCCCCCCCCCCCCCC. The lowest BCUT2D eigenvalue weighted by Crippen LogP contribution is -2.30. The van der Waals surface area contributed by atoms with Crippen LogP contribution in [0.15, 0.2) is 24.3 Å². The first-order chi connectivity index (χ1) is 34.0. The molecule has 0 rings (SSSR count). The monoisotopic (exact) mass is 971 g/mol. The van der Waals surface area contributed by atoms with Gasteiger partial charge in [0.1, 0.15) is 13.2 Å². The zero-order valence-corrected chi connectivity index (χ0v) is 46.6. The quantitative estimate of drug-likeness (QED) is 0.0261. The number of unbranched alkanes of at least 4 members (excludes halogenated alkanes) is 42. The number of carbonyl (C=O) groups excluding carboxylic acids is 3. The van der Waals surface area contributed by atoms with Crippen LogP contribution in [0.5, 0.6) is 0 Å². The van der Waals surface area contributed by atoms with E-state index in [4.69, 9.17) is 14.2 Å². The number of hydrogen-bond donors (Lipinski definition) is 0. The highest BCUT2D eigenvalue weighted by molar-refractivity contribution is 5.71. The summed E-state index contributed by atoms with van der Waals surface area (Å²) in [4.78, 5) is 38.2. The summed E-state index contributed by atoms with van der Waals surface area (Å²) in [7, 11) is 0. The molecular weight excluding hydrogens is 853 g/mol. The van der Waals surface area contributed by atoms with Gasteiger partial charge >= 0.3 is 17.9 Å². The van der Waals surface area contributed by atoms with Gasteiger partial charge in [0, 0.05) is 19.3 Å². The van der Waals surface area contributed by atoms with Crippen LogP contribution in [0.3, 0.4) is 0 Å². The average Bonchev–Trinajstić information content (AvgIpc) is 3.35. The molecule has 0 aliphatic rings. The summed E-state index contributed by atoms with van der Waals surface area (Å²) < 4.78 is 16.9. The first-order valence-electron chi connectivity index (χ1n) is 30.8. The van der Waals surface area contributed by atoms with Crippen LogP contribution in [0.1, 0.15) is 342 Å². The van der Waals surface area contributed by atoms with Crippen molar-refractivity contribution in [2.24, 2.45) is 0 Å². The van der Waals surface area contributed by atoms with E-state index in [1.807, 2.05) is 0 Å². The number of hydrogen-bond acceptors (Lipinski definition) is 6. The van der Waals surface area contributed by atoms with Crippen LogP contribution in [-0.4, -0.2) is 37.2 Å². The van der Waals surface area contributed by atoms with Gasteiger partial charge in [0.25, 0.3) is 0 Å². The molecule has 0 heterocycles. The van der Waals surface area contributed by atoms with Crippen molar-refractivity contribution in [3.05, 3.63) is 24.3 Å². The molecule has 0 N–H and O–H groups in total. The van der Waals surface area contributed by atoms with E-state index in [-0.39, 0.29) is 31.1 Å². The summed E-state index contributed by atoms with van der Waals surface area (Å²) in [5.74, 6) is -0.858. The topological polar surface area (TPSA) is 78.9 Å². The third-order valence-electron chi connectivity index (χ3n) is 14.0. The standard InChI is InChI=1S/C63H118O6/c1-4-7-10-13-16-19-22-25-28-30-32-34-35-38-41-44-47-50-53-56-62(65)68-59-60(58-67-61(64)55-52-49-46-43-40-37-27-24-21-18-15-12-9-6-3)69-63(66)57-54-51-48-45-42-39-36-33-31-29-26-23-20-17-14-11-8-5-2/h15,18,24,27,60H,4-14,16-17,19-23,25-26,28-59H2,1-3H3/b18-15-,27-24-/t60-/m1/s1. The van der Waals surface area contributed by atoms with Crippen molar-refractivity contribution in [3.8, 4) is 0 Å². The predicted molar refractivity (Wildman–Crippen MR) is 298 cm³/mol. The van der Waals surface area contributed by atoms with E-state index >= 15 is 0 Å². The molecule has 0 aliphatic heterocycles. The molecular formula is C63H118O6. The molecule has 0 unspecified atom stereocenters. The minimum Gasteiger partial charge on any atom is -0.462 e. The molecule has 0 aromatic heterocycles. The Bertz CT molecular complexity index is 1110. The molecule has 0 saturated heterocycles. The zero-order valence-electron chi connectivity index (χ0n) is 46.6. The smallest absolute Gasteiger partial charge is 0.306 e. The highest BCUT2D eigenvalue weighted by atomic mass is 16.6. The molecule has 1 atom stereocenters. The molecule has 0 saturated carbocycles. The Morgan fingerprint density at radius 1 is 0.290 bits per heavy atom. The van der Waals surface area contributed by atoms with Crippen molar-refractivity contribution in [1.82, 2.24) is 0 Å². The van der Waals surface area contributed by atoms with Crippen molar-refractivity contribution in [1.29, 1.82) is 0 Å². The van der Waals surface area contributed by atoms with Gasteiger partial charge in [-0.2, -0.15) is 0 Å². The number of esters is 3. The molecule has 0 spiro atoms. The Balaban J connectivity index is 4.30. The number of ether oxygens (including phenoxy) is 3. The summed E-state index contributed by atoms with van der Waals surface area (Å²) in [6.07, 6.45) is 68.9. The predicted octanol–water partition coefficient (Wildman–Crippen LogP) is 20.7. The number of rotatable bonds is 57. The third-order valence-corrected chi connectivity index (χ3v) is 14.0. The Hall–Kier alpha value is -2.11. The largest absolute Gasteiger partial charge is 0.462 e. The van der Waals surface area contributed by atoms with Crippen LogP contribution >= 0.6 is 0 Å². The Labute approximate surface area is 430 Å². The summed E-state index contributed by atoms with van der Waals surface area (Å²) in [5, 5.41) is 0. The van der Waals surface area contributed by atoms with Gasteiger partial charge in [-0.15, -0.1) is 0 Å². The maximum atomic E-state index is 12.9. The highest BCUT2D eigenvalue weighted by Crippen LogP contribution is 2.18. The summed E-state index contributed by atoms with van der Waals surface area (Å²) in [6, 6.07) is 0. The number of allylic oxidation sites excluding steroid dienone is 4. The van der Waals surface area contributed by atoms with E-state index in [0.29, 0.717) is 19.3 Å². The van der Waals surface area contributed by atoms with E-state index in [1.54, 1.807) is 0 Å². The van der Waals surface area contributed by atoms with Gasteiger partial charge in [0.2, 0.25) is 0 Å². The molecule has 0 aromatic carbocycles. The van der Waals surface area contributed by atoms with Gasteiger partial charge in [-0.25, -0.2) is 0 Å². The molecule has 0 bridgehead atoms. The molecule has 0 fully saturated rings. The summed E-state index contributed by atoms with van der Waals surface area (Å²) >= 11 is 0. The van der Waals surface area contributed by atoms with Gasteiger partial charge in [-0.1, -0.05) is 302 Å². The molecule has 6 nitrogen and oxygen atoms in total. The minimum absolute atomic E-state index is 0.0697. The van der Waals surface area contributed by atoms with Crippen LogP contribution < -0.4 is 0 Å². The Morgan fingerprint density at radius 2 is 0.536 bits per heavy atom. The van der Waals surface area contributed by atoms with Crippen molar-refractivity contribution < 1.29 is 28.6 Å². The maximum absolute atomic E-state index is 12.9. The van der Waals surface area contributed by atoms with Crippen LogP contribution in [-0.2, 0) is 28.6 Å². The fraction of sp³-hybridized carbons (Fsp3) is 0.889. The van der Waals surface area contributed by atoms with Crippen molar-refractivity contribution in [2.45, 2.75) is 348 Å². The lowest BCUT2D eigenvalue weighted by molar-refractivity contribution is -0.167. The van der Waals surface area contributed by atoms with E-state index in [9.17, 15) is 14.4 Å². The molecule has 0 aromatic rings. The van der Waals surface area contributed by atoms with Gasteiger partial charge in [0.05, 0.1) is 0 Å². The summed E-state index contributed by atoms with van der Waals surface area (Å²) in [5.41, 5.74) is 0. The maximum Gasteiger partial charge on any atom is 0.306 e. The minimum atomic E-state index is -0.772. The van der Waals surface area contributed by atoms with Crippen LogP contribution in [0.4, 0.5) is 0 Å². The summed E-state index contributed by atoms with van der Waals surface area (Å²) in [6.45, 7) is 6.65. The van der Waals surface area contributed by atoms with Crippen molar-refractivity contribution in [3.63, 3.8) is 0 Å². The van der Waals surface area contributed by atoms with Gasteiger partial charge in [-0.3, -0.25) is 14.4 Å². The molecule has 0 radical (unpaired) electrons. The molecule has 0 aliphatic carbocycles. The second-order valence-corrected chi connectivity index (χ2v) is 21.0. The van der Waals surface area contributed by atoms with E-state index in [1.165, 1.54) is 225 Å². The fourth-order valence-corrected chi connectivity index (χ4v) is 9.29. The second-order valence-electron chi connectivity index (χ2n) is 21.0. The fourth-order valence-electron chi connectivity index (χ4n) is 9.29. The Kier molecular flexibility index (Phi) is 56.7. The third kappa shape index (κ3) is 56.7. The van der Waals surface area contributed by atoms with Crippen LogP contribution in [0.25, 0.3) is 0 Å². The molecule has 0 amide bonds. The highest BCUT2D eigenvalue weighted by Gasteiger charge is 2.19. The zero-order chi connectivity index (χ0) is 50.0. The van der Waals surface area contributed by atoms with Gasteiger partial charge in [-0.05, 0) is 44.9 Å². The van der Waals surface area contributed by atoms with Gasteiger partial charge in [0.15, 0.2) is 6.10 Å². The number of carbonyl (C=O) groups is 3. The van der Waals surface area contributed by atoms with Crippen molar-refractivity contribution in [2.75, 3.05) is 13.2 Å². The first-order valence-corrected chi connectivity index (χ1v) is 30.8. The van der Waals surface area contributed by atoms with Gasteiger partial charge < -0.3 is 14.2 Å². The van der Waals surface area contributed by atoms with E-state index in [2.05, 4.69) is 45.1 Å². The molecule has 69 heavy (non-hydrogen) atoms. The van der Waals surface area contributed by atoms with E-state index < -0.39 is 6.10 Å².